The largest absolute Gasteiger partial charge is 0.378 e. The molecule has 24 heavy (non-hydrogen) atoms. The molecule has 1 aromatic carbocycles. The van der Waals surface area contributed by atoms with E-state index in [4.69, 9.17) is 4.74 Å². The molecule has 1 fully saturated rings. The fourth-order valence-corrected chi connectivity index (χ4v) is 5.05. The summed E-state index contributed by atoms with van der Waals surface area (Å²) >= 11 is 1.47. The molecular weight excluding hydrogens is 320 g/mol. The lowest BCUT2D eigenvalue weighted by molar-refractivity contribution is 0.00401. The first kappa shape index (κ1) is 15.8. The Bertz CT molecular complexity index is 723. The Hall–Kier alpha value is -1.69. The number of fused-ring (bicyclic) bond motifs is 2. The van der Waals surface area contributed by atoms with Crippen molar-refractivity contribution in [2.45, 2.75) is 30.4 Å². The van der Waals surface area contributed by atoms with Crippen molar-refractivity contribution >= 4 is 17.2 Å². The summed E-state index contributed by atoms with van der Waals surface area (Å²) in [5.41, 5.74) is 2.54. The maximum Gasteiger partial charge on any atom is 0.261 e. The minimum absolute atomic E-state index is 0.00993. The van der Waals surface area contributed by atoms with Gasteiger partial charge in [-0.3, -0.25) is 4.79 Å². The smallest absolute Gasteiger partial charge is 0.261 e. The predicted octanol–water partition coefficient (Wildman–Crippen LogP) is 2.87. The Morgan fingerprint density at radius 2 is 2.04 bits per heavy atom. The highest BCUT2D eigenvalue weighted by Crippen LogP contribution is 2.51. The highest BCUT2D eigenvalue weighted by atomic mass is 32.1. The second-order valence-electron chi connectivity index (χ2n) is 6.58. The Balaban J connectivity index is 1.72. The number of nitrogens with one attached hydrogen (secondary N) is 2. The zero-order valence-electron chi connectivity index (χ0n) is 13.7. The summed E-state index contributed by atoms with van der Waals surface area (Å²) in [6.07, 6.45) is 2.04. The lowest BCUT2D eigenvalue weighted by Crippen LogP contribution is -2.49. The SMILES string of the molecule is CO[C@@H]1[C@@H](NC(=O)c2cccs2)c2ccccc2C12CCNCC2. The number of carbonyl (C=O) groups is 1. The molecule has 1 aliphatic heterocycles. The summed E-state index contributed by atoms with van der Waals surface area (Å²) in [7, 11) is 1.77. The molecule has 1 spiro atoms. The van der Waals surface area contributed by atoms with Crippen molar-refractivity contribution in [1.82, 2.24) is 10.6 Å². The Kier molecular flexibility index (Phi) is 4.16. The maximum atomic E-state index is 12.6. The molecule has 1 saturated heterocycles. The number of carbonyl (C=O) groups excluding carboxylic acids is 1. The van der Waals surface area contributed by atoms with E-state index in [1.807, 2.05) is 17.5 Å². The maximum absolute atomic E-state index is 12.6. The van der Waals surface area contributed by atoms with Gasteiger partial charge >= 0.3 is 0 Å². The van der Waals surface area contributed by atoms with Crippen LogP contribution < -0.4 is 10.6 Å². The number of amides is 1. The fourth-order valence-electron chi connectivity index (χ4n) is 4.42. The average Bonchev–Trinajstić information content (AvgIpc) is 3.23. The van der Waals surface area contributed by atoms with Crippen LogP contribution >= 0.6 is 11.3 Å². The molecule has 0 saturated carbocycles. The van der Waals surface area contributed by atoms with Crippen LogP contribution in [0.3, 0.4) is 0 Å². The molecule has 2 aliphatic rings. The van der Waals surface area contributed by atoms with E-state index in [9.17, 15) is 4.79 Å². The molecule has 0 radical (unpaired) electrons. The summed E-state index contributed by atoms with van der Waals surface area (Å²) in [5.74, 6) is -0.0159. The minimum atomic E-state index is -0.0982. The molecule has 2 atom stereocenters. The average molecular weight is 342 g/mol. The van der Waals surface area contributed by atoms with Crippen LogP contribution in [0.2, 0.25) is 0 Å². The van der Waals surface area contributed by atoms with Crippen LogP contribution in [0.1, 0.15) is 39.7 Å². The molecule has 2 N–H and O–H groups in total. The monoisotopic (exact) mass is 342 g/mol. The third-order valence-corrected chi connectivity index (χ3v) is 6.33. The van der Waals surface area contributed by atoms with Crippen molar-refractivity contribution in [1.29, 1.82) is 0 Å². The molecular formula is C19H22N2O2S. The number of hydrogen-bond donors (Lipinski definition) is 2. The molecule has 4 nitrogen and oxygen atoms in total. The summed E-state index contributed by atoms with van der Waals surface area (Å²) in [6.45, 7) is 1.97. The molecule has 1 amide bonds. The molecule has 2 aromatic rings. The summed E-state index contributed by atoms with van der Waals surface area (Å²) in [4.78, 5) is 13.4. The van der Waals surface area contributed by atoms with Gasteiger partial charge in [0.05, 0.1) is 17.0 Å². The highest BCUT2D eigenvalue weighted by molar-refractivity contribution is 7.12. The van der Waals surface area contributed by atoms with E-state index >= 15 is 0 Å². The van der Waals surface area contributed by atoms with Gasteiger partial charge in [-0.2, -0.15) is 0 Å². The van der Waals surface area contributed by atoms with E-state index in [1.54, 1.807) is 7.11 Å². The van der Waals surface area contributed by atoms with Crippen molar-refractivity contribution in [2.24, 2.45) is 0 Å². The topological polar surface area (TPSA) is 50.4 Å². The molecule has 1 aromatic heterocycles. The quantitative estimate of drug-likeness (QED) is 0.902. The number of benzene rings is 1. The van der Waals surface area contributed by atoms with Gasteiger partial charge in [0.1, 0.15) is 0 Å². The molecule has 126 valence electrons. The van der Waals surface area contributed by atoms with Gasteiger partial charge in [-0.05, 0) is 48.5 Å². The summed E-state index contributed by atoms with van der Waals surface area (Å²) < 4.78 is 5.98. The summed E-state index contributed by atoms with van der Waals surface area (Å²) in [6, 6.07) is 12.2. The van der Waals surface area contributed by atoms with Crippen LogP contribution in [0.4, 0.5) is 0 Å². The Morgan fingerprint density at radius 1 is 1.25 bits per heavy atom. The second kappa shape index (κ2) is 6.31. The van der Waals surface area contributed by atoms with Crippen LogP contribution in [-0.2, 0) is 10.2 Å². The van der Waals surface area contributed by atoms with E-state index in [0.29, 0.717) is 0 Å². The van der Waals surface area contributed by atoms with Gasteiger partial charge in [0.2, 0.25) is 0 Å². The molecule has 0 bridgehead atoms. The van der Waals surface area contributed by atoms with E-state index in [-0.39, 0.29) is 23.5 Å². The molecule has 5 heteroatoms. The van der Waals surface area contributed by atoms with Gasteiger partial charge in [0, 0.05) is 12.5 Å². The number of hydrogen-bond acceptors (Lipinski definition) is 4. The second-order valence-corrected chi connectivity index (χ2v) is 7.53. The Labute approximate surface area is 146 Å². The van der Waals surface area contributed by atoms with Crippen LogP contribution in [0.15, 0.2) is 41.8 Å². The van der Waals surface area contributed by atoms with Crippen molar-refractivity contribution < 1.29 is 9.53 Å². The van der Waals surface area contributed by atoms with Gasteiger partial charge in [-0.25, -0.2) is 0 Å². The normalized spacial score (nSPS) is 24.7. The standard InChI is InChI=1S/C19H22N2O2S/c1-23-17-16(21-18(22)15-7-4-12-24-15)13-5-2-3-6-14(13)19(17)8-10-20-11-9-19/h2-7,12,16-17,20H,8-11H2,1H3,(H,21,22)/t16-,17+/m0/s1. The predicted molar refractivity (Wildman–Crippen MR) is 95.5 cm³/mol. The number of methoxy groups -OCH3 is 1. The fraction of sp³-hybridized carbons (Fsp3) is 0.421. The van der Waals surface area contributed by atoms with Crippen LogP contribution in [-0.4, -0.2) is 32.2 Å². The first-order valence-electron chi connectivity index (χ1n) is 8.43. The Morgan fingerprint density at radius 3 is 2.75 bits per heavy atom. The van der Waals surface area contributed by atoms with Gasteiger partial charge < -0.3 is 15.4 Å². The number of ether oxygens (including phenoxy) is 1. The molecule has 4 rings (SSSR count). The number of rotatable bonds is 3. The molecule has 0 unspecified atom stereocenters. The van der Waals surface area contributed by atoms with E-state index < -0.39 is 0 Å². The lowest BCUT2D eigenvalue weighted by Gasteiger charge is -2.40. The van der Waals surface area contributed by atoms with Crippen molar-refractivity contribution in [3.63, 3.8) is 0 Å². The lowest BCUT2D eigenvalue weighted by atomic mass is 9.72. The van der Waals surface area contributed by atoms with E-state index in [0.717, 1.165) is 30.8 Å². The van der Waals surface area contributed by atoms with E-state index in [1.165, 1.54) is 22.5 Å². The van der Waals surface area contributed by atoms with Gasteiger partial charge in [-0.15, -0.1) is 11.3 Å². The molecule has 1 aliphatic carbocycles. The van der Waals surface area contributed by atoms with Crippen LogP contribution in [0.5, 0.6) is 0 Å². The summed E-state index contributed by atoms with van der Waals surface area (Å²) in [5, 5.41) is 8.61. The van der Waals surface area contributed by atoms with Crippen molar-refractivity contribution in [3.05, 3.63) is 57.8 Å². The number of piperidine rings is 1. The number of thiophene rings is 1. The van der Waals surface area contributed by atoms with Gasteiger partial charge in [0.15, 0.2) is 0 Å². The van der Waals surface area contributed by atoms with Crippen molar-refractivity contribution in [3.8, 4) is 0 Å². The van der Waals surface area contributed by atoms with Gasteiger partial charge in [0.25, 0.3) is 5.91 Å². The van der Waals surface area contributed by atoms with Crippen LogP contribution in [0, 0.1) is 0 Å². The van der Waals surface area contributed by atoms with E-state index in [2.05, 4.69) is 34.9 Å². The molecule has 2 heterocycles. The van der Waals surface area contributed by atoms with Gasteiger partial charge in [-0.1, -0.05) is 30.3 Å². The minimum Gasteiger partial charge on any atom is -0.378 e. The van der Waals surface area contributed by atoms with Crippen LogP contribution in [0.25, 0.3) is 0 Å². The zero-order valence-corrected chi connectivity index (χ0v) is 14.6. The third kappa shape index (κ3) is 2.39. The zero-order chi connectivity index (χ0) is 16.6. The highest BCUT2D eigenvalue weighted by Gasteiger charge is 2.53. The first-order valence-corrected chi connectivity index (χ1v) is 9.31. The third-order valence-electron chi connectivity index (χ3n) is 5.46. The van der Waals surface area contributed by atoms with Crippen molar-refractivity contribution in [2.75, 3.05) is 20.2 Å². The first-order chi connectivity index (χ1) is 11.8.